The number of aromatic amines is 1. The van der Waals surface area contributed by atoms with Crippen molar-refractivity contribution in [1.29, 1.82) is 0 Å². The first-order chi connectivity index (χ1) is 12.2. The van der Waals surface area contributed by atoms with Crippen LogP contribution in [0.3, 0.4) is 0 Å². The third-order valence-corrected chi connectivity index (χ3v) is 4.09. The standard InChI is InChI=1S/C18H18N4O3/c1-22-8-4-5-15(22)13-9-14(21-20-13)18(23)19-10-12-11-24-16-6-2-3-7-17(16)25-12/h2-9,12H,10-11H2,1H3,(H,19,23)(H,20,21)/t12-/m1/s1. The molecular formula is C18H18N4O3. The van der Waals surface area contributed by atoms with Crippen LogP contribution in [-0.2, 0) is 7.05 Å². The van der Waals surface area contributed by atoms with Gasteiger partial charge in [-0.3, -0.25) is 9.89 Å². The number of aromatic nitrogens is 3. The Morgan fingerprint density at radius 3 is 2.96 bits per heavy atom. The van der Waals surface area contributed by atoms with Gasteiger partial charge in [0.15, 0.2) is 11.5 Å². The van der Waals surface area contributed by atoms with Crippen LogP contribution in [0, 0.1) is 0 Å². The quantitative estimate of drug-likeness (QED) is 0.762. The summed E-state index contributed by atoms with van der Waals surface area (Å²) in [5.74, 6) is 1.20. The number of hydrogen-bond donors (Lipinski definition) is 2. The summed E-state index contributed by atoms with van der Waals surface area (Å²) in [6.45, 7) is 0.751. The molecule has 7 heteroatoms. The number of fused-ring (bicyclic) bond motifs is 1. The normalized spacial score (nSPS) is 15.8. The van der Waals surface area contributed by atoms with E-state index in [-0.39, 0.29) is 12.0 Å². The Kier molecular flexibility index (Phi) is 3.89. The monoisotopic (exact) mass is 338 g/mol. The first kappa shape index (κ1) is 15.3. The van der Waals surface area contributed by atoms with Crippen molar-refractivity contribution in [2.24, 2.45) is 7.05 Å². The van der Waals surface area contributed by atoms with Crippen molar-refractivity contribution in [3.05, 3.63) is 54.4 Å². The van der Waals surface area contributed by atoms with Crippen molar-refractivity contribution in [3.63, 3.8) is 0 Å². The Balaban J connectivity index is 1.37. The topological polar surface area (TPSA) is 81.2 Å². The minimum absolute atomic E-state index is 0.226. The number of carbonyl (C=O) groups excluding carboxylic acids is 1. The third kappa shape index (κ3) is 3.08. The predicted octanol–water partition coefficient (Wildman–Crippen LogP) is 1.98. The van der Waals surface area contributed by atoms with Crippen LogP contribution in [0.15, 0.2) is 48.7 Å². The number of aryl methyl sites for hydroxylation is 1. The van der Waals surface area contributed by atoms with Gasteiger partial charge < -0.3 is 19.4 Å². The molecule has 0 aliphatic carbocycles. The molecule has 1 aliphatic rings. The second-order valence-corrected chi connectivity index (χ2v) is 5.88. The lowest BCUT2D eigenvalue weighted by Gasteiger charge is -2.26. The fourth-order valence-corrected chi connectivity index (χ4v) is 2.76. The summed E-state index contributed by atoms with van der Waals surface area (Å²) in [6, 6.07) is 13.1. The van der Waals surface area contributed by atoms with Gasteiger partial charge in [-0.2, -0.15) is 5.10 Å². The van der Waals surface area contributed by atoms with E-state index in [1.165, 1.54) is 0 Å². The van der Waals surface area contributed by atoms with Gasteiger partial charge in [0.05, 0.1) is 12.2 Å². The maximum Gasteiger partial charge on any atom is 0.269 e. The molecule has 0 spiro atoms. The molecule has 1 aromatic carbocycles. The van der Waals surface area contributed by atoms with Crippen molar-refractivity contribution >= 4 is 5.91 Å². The number of para-hydroxylation sites is 2. The molecule has 2 aromatic heterocycles. The van der Waals surface area contributed by atoms with E-state index >= 15 is 0 Å². The van der Waals surface area contributed by atoms with Gasteiger partial charge in [-0.15, -0.1) is 0 Å². The molecule has 3 aromatic rings. The van der Waals surface area contributed by atoms with Gasteiger partial charge >= 0.3 is 0 Å². The van der Waals surface area contributed by atoms with Gasteiger partial charge in [0, 0.05) is 13.2 Å². The number of carbonyl (C=O) groups is 1. The minimum atomic E-state index is -0.228. The lowest BCUT2D eigenvalue weighted by atomic mass is 10.2. The minimum Gasteiger partial charge on any atom is -0.486 e. The van der Waals surface area contributed by atoms with Crippen LogP contribution < -0.4 is 14.8 Å². The van der Waals surface area contributed by atoms with E-state index in [0.29, 0.717) is 24.6 Å². The average molecular weight is 338 g/mol. The van der Waals surface area contributed by atoms with E-state index in [4.69, 9.17) is 9.47 Å². The summed E-state index contributed by atoms with van der Waals surface area (Å²) in [5, 5.41) is 9.83. The summed E-state index contributed by atoms with van der Waals surface area (Å²) in [6.07, 6.45) is 1.70. The van der Waals surface area contributed by atoms with Gasteiger partial charge in [0.25, 0.3) is 5.91 Å². The fraction of sp³-hybridized carbons (Fsp3) is 0.222. The zero-order valence-corrected chi connectivity index (χ0v) is 13.7. The molecule has 7 nitrogen and oxygen atoms in total. The smallest absolute Gasteiger partial charge is 0.269 e. The van der Waals surface area contributed by atoms with Gasteiger partial charge in [-0.25, -0.2) is 0 Å². The van der Waals surface area contributed by atoms with Crippen molar-refractivity contribution in [2.45, 2.75) is 6.10 Å². The Labute approximate surface area is 144 Å². The van der Waals surface area contributed by atoms with Gasteiger partial charge in [0.2, 0.25) is 0 Å². The molecule has 0 saturated heterocycles. The molecule has 0 unspecified atom stereocenters. The number of amides is 1. The highest BCUT2D eigenvalue weighted by Crippen LogP contribution is 2.30. The zero-order valence-electron chi connectivity index (χ0n) is 13.7. The number of nitrogens with zero attached hydrogens (tertiary/aromatic N) is 2. The highest BCUT2D eigenvalue weighted by molar-refractivity contribution is 5.93. The van der Waals surface area contributed by atoms with E-state index in [1.54, 1.807) is 6.07 Å². The Bertz CT molecular complexity index is 899. The Morgan fingerprint density at radius 1 is 1.32 bits per heavy atom. The van der Waals surface area contributed by atoms with Crippen LogP contribution in [0.4, 0.5) is 0 Å². The number of ether oxygens (including phenoxy) is 2. The lowest BCUT2D eigenvalue weighted by Crippen LogP contribution is -2.40. The fourth-order valence-electron chi connectivity index (χ4n) is 2.76. The average Bonchev–Trinajstić information content (AvgIpc) is 3.28. The summed E-state index contributed by atoms with van der Waals surface area (Å²) < 4.78 is 13.4. The van der Waals surface area contributed by atoms with E-state index in [2.05, 4.69) is 15.5 Å². The molecule has 25 heavy (non-hydrogen) atoms. The number of H-pyrrole nitrogens is 1. The summed E-state index contributed by atoms with van der Waals surface area (Å²) in [5.41, 5.74) is 2.08. The molecule has 2 N–H and O–H groups in total. The second-order valence-electron chi connectivity index (χ2n) is 5.88. The SMILES string of the molecule is Cn1cccc1-c1cc(C(=O)NC[C@@H]2COc3ccccc3O2)[nH]n1. The first-order valence-electron chi connectivity index (χ1n) is 8.04. The van der Waals surface area contributed by atoms with Crippen molar-refractivity contribution < 1.29 is 14.3 Å². The van der Waals surface area contributed by atoms with Crippen LogP contribution in [0.1, 0.15) is 10.5 Å². The highest BCUT2D eigenvalue weighted by Gasteiger charge is 2.21. The largest absolute Gasteiger partial charge is 0.486 e. The molecular weight excluding hydrogens is 320 g/mol. The second kappa shape index (κ2) is 6.35. The summed E-state index contributed by atoms with van der Waals surface area (Å²) in [4.78, 5) is 12.3. The van der Waals surface area contributed by atoms with Gasteiger partial charge in [-0.05, 0) is 30.3 Å². The Morgan fingerprint density at radius 2 is 2.16 bits per heavy atom. The van der Waals surface area contributed by atoms with Crippen LogP contribution in [-0.4, -0.2) is 39.9 Å². The number of benzene rings is 1. The summed E-state index contributed by atoms with van der Waals surface area (Å²) >= 11 is 0. The van der Waals surface area contributed by atoms with E-state index in [1.807, 2.05) is 54.2 Å². The molecule has 1 atom stereocenters. The molecule has 1 amide bonds. The maximum absolute atomic E-state index is 12.3. The number of rotatable bonds is 4. The summed E-state index contributed by atoms with van der Waals surface area (Å²) in [7, 11) is 1.93. The van der Waals surface area contributed by atoms with E-state index < -0.39 is 0 Å². The Hall–Kier alpha value is -3.22. The van der Waals surface area contributed by atoms with Crippen LogP contribution in [0.2, 0.25) is 0 Å². The van der Waals surface area contributed by atoms with Crippen molar-refractivity contribution in [3.8, 4) is 22.9 Å². The number of nitrogens with one attached hydrogen (secondary N) is 2. The molecule has 1 aliphatic heterocycles. The molecule has 0 bridgehead atoms. The maximum atomic E-state index is 12.3. The molecule has 0 fully saturated rings. The predicted molar refractivity (Wildman–Crippen MR) is 91.7 cm³/mol. The van der Waals surface area contributed by atoms with Gasteiger partial charge in [-0.1, -0.05) is 12.1 Å². The van der Waals surface area contributed by atoms with Crippen LogP contribution in [0.5, 0.6) is 11.5 Å². The lowest BCUT2D eigenvalue weighted by molar-refractivity contribution is 0.0786. The van der Waals surface area contributed by atoms with Crippen molar-refractivity contribution in [2.75, 3.05) is 13.2 Å². The van der Waals surface area contributed by atoms with Crippen LogP contribution in [0.25, 0.3) is 11.4 Å². The molecule has 3 heterocycles. The van der Waals surface area contributed by atoms with Crippen LogP contribution >= 0.6 is 0 Å². The first-order valence-corrected chi connectivity index (χ1v) is 8.04. The molecule has 128 valence electrons. The van der Waals surface area contributed by atoms with E-state index in [0.717, 1.165) is 17.1 Å². The van der Waals surface area contributed by atoms with E-state index in [9.17, 15) is 4.79 Å². The highest BCUT2D eigenvalue weighted by atomic mass is 16.6. The molecule has 0 radical (unpaired) electrons. The molecule has 4 rings (SSSR count). The third-order valence-electron chi connectivity index (χ3n) is 4.09. The van der Waals surface area contributed by atoms with Crippen molar-refractivity contribution in [1.82, 2.24) is 20.1 Å². The number of hydrogen-bond acceptors (Lipinski definition) is 4. The zero-order chi connectivity index (χ0) is 17.2. The van der Waals surface area contributed by atoms with Gasteiger partial charge in [0.1, 0.15) is 24.1 Å². The molecule has 0 saturated carbocycles.